The van der Waals surface area contributed by atoms with Gasteiger partial charge in [0.05, 0.1) is 15.5 Å². The molecule has 2 aromatic rings. The van der Waals surface area contributed by atoms with Gasteiger partial charge in [0.15, 0.2) is 0 Å². The van der Waals surface area contributed by atoms with Gasteiger partial charge >= 0.3 is 0 Å². The molecule has 0 atom stereocenters. The Hall–Kier alpha value is -2.12. The summed E-state index contributed by atoms with van der Waals surface area (Å²) in [6.07, 6.45) is 1.83. The molecule has 0 unspecified atom stereocenters. The molecule has 0 radical (unpaired) electrons. The molecule has 5 nitrogen and oxygen atoms in total. The van der Waals surface area contributed by atoms with Crippen LogP contribution in [0.5, 0.6) is 0 Å². The second-order valence-electron chi connectivity index (χ2n) is 7.89. The number of benzene rings is 2. The minimum absolute atomic E-state index is 0.0101. The molecule has 1 heterocycles. The van der Waals surface area contributed by atoms with Crippen LogP contribution in [0.3, 0.4) is 0 Å². The minimum Gasteiger partial charge on any atom is -0.370 e. The average molecular weight is 434 g/mol. The van der Waals surface area contributed by atoms with E-state index in [2.05, 4.69) is 35.6 Å². The Labute approximate surface area is 180 Å². The van der Waals surface area contributed by atoms with Crippen molar-refractivity contribution in [2.45, 2.75) is 36.5 Å². The normalized spacial score (nSPS) is 15.4. The monoisotopic (exact) mass is 433 g/mol. The molecular formula is C23H32FN3O2S. The van der Waals surface area contributed by atoms with Gasteiger partial charge in [-0.2, -0.15) is 0 Å². The van der Waals surface area contributed by atoms with Crippen LogP contribution < -0.4 is 9.80 Å². The van der Waals surface area contributed by atoms with Crippen molar-refractivity contribution in [3.63, 3.8) is 0 Å². The van der Waals surface area contributed by atoms with Gasteiger partial charge in [-0.1, -0.05) is 19.9 Å². The standard InChI is InChI=1S/C23H32FN3O2S/c1-4-11-27(12-5-2)22-18-20(26-15-13-25(3)14-16-26)9-10-23(22)30(28,29)21-8-6-7-19(24)17-21/h6-10,17-18H,4-5,11-16H2,1-3H3. The molecule has 30 heavy (non-hydrogen) atoms. The van der Waals surface area contributed by atoms with Crippen LogP contribution in [0.2, 0.25) is 0 Å². The summed E-state index contributed by atoms with van der Waals surface area (Å²) >= 11 is 0. The van der Waals surface area contributed by atoms with E-state index in [4.69, 9.17) is 0 Å². The zero-order valence-electron chi connectivity index (χ0n) is 18.1. The molecule has 3 rings (SSSR count). The van der Waals surface area contributed by atoms with Gasteiger partial charge < -0.3 is 14.7 Å². The molecule has 0 saturated carbocycles. The molecule has 1 saturated heterocycles. The van der Waals surface area contributed by atoms with Crippen molar-refractivity contribution in [2.24, 2.45) is 0 Å². The van der Waals surface area contributed by atoms with Gasteiger partial charge in [0.2, 0.25) is 9.84 Å². The lowest BCUT2D eigenvalue weighted by atomic mass is 10.2. The molecule has 2 aromatic carbocycles. The molecule has 1 aliphatic rings. The van der Waals surface area contributed by atoms with Crippen LogP contribution in [0.4, 0.5) is 15.8 Å². The maximum atomic E-state index is 13.8. The van der Waals surface area contributed by atoms with Crippen LogP contribution in [0.15, 0.2) is 52.3 Å². The van der Waals surface area contributed by atoms with Crippen LogP contribution >= 0.6 is 0 Å². The number of hydrogen-bond acceptors (Lipinski definition) is 5. The highest BCUT2D eigenvalue weighted by atomic mass is 32.2. The number of sulfone groups is 1. The SMILES string of the molecule is CCCN(CCC)c1cc(N2CCN(C)CC2)ccc1S(=O)(=O)c1cccc(F)c1. The molecule has 0 bridgehead atoms. The van der Waals surface area contributed by atoms with E-state index in [0.29, 0.717) is 5.69 Å². The fourth-order valence-corrected chi connectivity index (χ4v) is 5.39. The predicted molar refractivity (Wildman–Crippen MR) is 121 cm³/mol. The highest BCUT2D eigenvalue weighted by Crippen LogP contribution is 2.34. The summed E-state index contributed by atoms with van der Waals surface area (Å²) in [5, 5.41) is 0. The number of hydrogen-bond donors (Lipinski definition) is 0. The smallest absolute Gasteiger partial charge is 0.208 e. The Balaban J connectivity index is 2.09. The third-order valence-electron chi connectivity index (χ3n) is 5.53. The first-order valence-corrected chi connectivity index (χ1v) is 12.2. The maximum Gasteiger partial charge on any atom is 0.208 e. The highest BCUT2D eigenvalue weighted by molar-refractivity contribution is 7.91. The first-order chi connectivity index (χ1) is 14.4. The number of piperazine rings is 1. The van der Waals surface area contributed by atoms with E-state index in [1.54, 1.807) is 6.07 Å². The molecule has 0 aliphatic carbocycles. The van der Waals surface area contributed by atoms with Crippen LogP contribution in [0.25, 0.3) is 0 Å². The van der Waals surface area contributed by atoms with Gasteiger partial charge in [0.25, 0.3) is 0 Å². The summed E-state index contributed by atoms with van der Waals surface area (Å²) in [7, 11) is -1.73. The Kier molecular flexibility index (Phi) is 7.36. The number of nitrogens with zero attached hydrogens (tertiary/aromatic N) is 3. The van der Waals surface area contributed by atoms with Gasteiger partial charge in [-0.3, -0.25) is 0 Å². The van der Waals surface area contributed by atoms with Crippen LogP contribution in [0.1, 0.15) is 26.7 Å². The largest absolute Gasteiger partial charge is 0.370 e. The van der Waals surface area contributed by atoms with E-state index in [1.165, 1.54) is 18.2 Å². The number of halogens is 1. The van der Waals surface area contributed by atoms with Gasteiger partial charge in [-0.25, -0.2) is 12.8 Å². The fourth-order valence-electron chi connectivity index (χ4n) is 3.90. The zero-order chi connectivity index (χ0) is 21.7. The molecule has 1 aliphatic heterocycles. The first kappa shape index (κ1) is 22.6. The Morgan fingerprint density at radius 1 is 0.967 bits per heavy atom. The number of rotatable bonds is 8. The Bertz CT molecular complexity index is 951. The van der Waals surface area contributed by atoms with Gasteiger partial charge in [-0.15, -0.1) is 0 Å². The lowest BCUT2D eigenvalue weighted by Gasteiger charge is -2.35. The zero-order valence-corrected chi connectivity index (χ0v) is 19.0. The molecule has 0 amide bonds. The molecule has 0 N–H and O–H groups in total. The van der Waals surface area contributed by atoms with Crippen LogP contribution in [0, 0.1) is 5.82 Å². The van der Waals surface area contributed by atoms with Crippen molar-refractivity contribution in [3.05, 3.63) is 48.3 Å². The van der Waals surface area contributed by atoms with E-state index < -0.39 is 15.7 Å². The summed E-state index contributed by atoms with van der Waals surface area (Å²) in [5.41, 5.74) is 1.74. The summed E-state index contributed by atoms with van der Waals surface area (Å²) in [6, 6.07) is 10.8. The third-order valence-corrected chi connectivity index (χ3v) is 7.33. The molecular weight excluding hydrogens is 401 g/mol. The minimum atomic E-state index is -3.84. The van der Waals surface area contributed by atoms with E-state index in [0.717, 1.165) is 63.9 Å². The summed E-state index contributed by atoms with van der Waals surface area (Å²) in [6.45, 7) is 9.50. The highest BCUT2D eigenvalue weighted by Gasteiger charge is 2.26. The molecule has 164 valence electrons. The average Bonchev–Trinajstić information content (AvgIpc) is 2.74. The first-order valence-electron chi connectivity index (χ1n) is 10.7. The Morgan fingerprint density at radius 3 is 2.23 bits per heavy atom. The molecule has 7 heteroatoms. The van der Waals surface area contributed by atoms with Crippen molar-refractivity contribution in [3.8, 4) is 0 Å². The molecule has 0 aromatic heterocycles. The van der Waals surface area contributed by atoms with Gasteiger partial charge in [0.1, 0.15) is 5.82 Å². The van der Waals surface area contributed by atoms with E-state index >= 15 is 0 Å². The van der Waals surface area contributed by atoms with Gasteiger partial charge in [-0.05, 0) is 56.3 Å². The predicted octanol–water partition coefficient (Wildman–Crippen LogP) is 4.04. The van der Waals surface area contributed by atoms with Crippen LogP contribution in [-0.2, 0) is 9.84 Å². The second-order valence-corrected chi connectivity index (χ2v) is 9.81. The van der Waals surface area contributed by atoms with E-state index in [-0.39, 0.29) is 9.79 Å². The van der Waals surface area contributed by atoms with Crippen LogP contribution in [-0.4, -0.2) is 59.6 Å². The summed E-state index contributed by atoms with van der Waals surface area (Å²) < 4.78 is 40.6. The third kappa shape index (κ3) is 4.95. The van der Waals surface area contributed by atoms with E-state index in [1.807, 2.05) is 12.1 Å². The fraction of sp³-hybridized carbons (Fsp3) is 0.478. The lowest BCUT2D eigenvalue weighted by molar-refractivity contribution is 0.313. The van der Waals surface area contributed by atoms with Gasteiger partial charge in [0, 0.05) is 45.0 Å². The van der Waals surface area contributed by atoms with Crippen molar-refractivity contribution in [1.82, 2.24) is 4.90 Å². The lowest BCUT2D eigenvalue weighted by Crippen LogP contribution is -2.44. The van der Waals surface area contributed by atoms with E-state index in [9.17, 15) is 12.8 Å². The summed E-state index contributed by atoms with van der Waals surface area (Å²) in [5.74, 6) is -0.550. The number of anilines is 2. The molecule has 0 spiro atoms. The maximum absolute atomic E-state index is 13.8. The topological polar surface area (TPSA) is 43.9 Å². The van der Waals surface area contributed by atoms with Crippen molar-refractivity contribution < 1.29 is 12.8 Å². The Morgan fingerprint density at radius 2 is 1.63 bits per heavy atom. The molecule has 1 fully saturated rings. The van der Waals surface area contributed by atoms with Crippen molar-refractivity contribution in [1.29, 1.82) is 0 Å². The van der Waals surface area contributed by atoms with Crippen molar-refractivity contribution >= 4 is 21.2 Å². The second kappa shape index (κ2) is 9.79. The quantitative estimate of drug-likeness (QED) is 0.629. The summed E-state index contributed by atoms with van der Waals surface area (Å²) in [4.78, 5) is 6.97. The number of likely N-dealkylation sites (N-methyl/N-ethyl adjacent to an activating group) is 1. The van der Waals surface area contributed by atoms with Crippen molar-refractivity contribution in [2.75, 3.05) is 56.1 Å².